The molecule has 0 radical (unpaired) electrons. The maximum absolute atomic E-state index is 13.0. The summed E-state index contributed by atoms with van der Waals surface area (Å²) in [6.07, 6.45) is 0.460. The lowest BCUT2D eigenvalue weighted by atomic mass is 10.1. The van der Waals surface area contributed by atoms with Crippen molar-refractivity contribution >= 4 is 16.0 Å². The first kappa shape index (κ1) is 22.9. The van der Waals surface area contributed by atoms with Crippen LogP contribution in [0.2, 0.25) is 0 Å². The van der Waals surface area contributed by atoms with E-state index in [2.05, 4.69) is 0 Å². The molecule has 0 aromatic heterocycles. The molecule has 0 fully saturated rings. The third-order valence-electron chi connectivity index (χ3n) is 4.10. The molecule has 2 aromatic rings. The van der Waals surface area contributed by atoms with Crippen LogP contribution in [0.4, 0.5) is 4.39 Å². The van der Waals surface area contributed by atoms with Crippen molar-refractivity contribution in [3.8, 4) is 5.75 Å². The van der Waals surface area contributed by atoms with E-state index in [4.69, 9.17) is 4.18 Å². The summed E-state index contributed by atoms with van der Waals surface area (Å²) in [5, 5.41) is 0. The van der Waals surface area contributed by atoms with Gasteiger partial charge in [0.05, 0.1) is 0 Å². The second kappa shape index (κ2) is 9.87. The van der Waals surface area contributed by atoms with Crippen molar-refractivity contribution in [2.75, 3.05) is 6.54 Å². The van der Waals surface area contributed by atoms with Gasteiger partial charge in [0, 0.05) is 19.5 Å². The normalized spacial score (nSPS) is 11.7. The molecular weight excluding hydrogens is 393 g/mol. The van der Waals surface area contributed by atoms with E-state index in [1.165, 1.54) is 6.07 Å². The van der Waals surface area contributed by atoms with Crippen molar-refractivity contribution in [1.29, 1.82) is 0 Å². The van der Waals surface area contributed by atoms with Crippen LogP contribution in [0.5, 0.6) is 5.75 Å². The summed E-state index contributed by atoms with van der Waals surface area (Å²) >= 11 is 0. The summed E-state index contributed by atoms with van der Waals surface area (Å²) in [5.41, 5.74) is 0.773. The van der Waals surface area contributed by atoms with Gasteiger partial charge in [-0.1, -0.05) is 39.8 Å². The lowest BCUT2D eigenvalue weighted by Crippen LogP contribution is -2.34. The number of nitrogens with zero attached hydrogens (tertiary/aromatic N) is 1. The maximum Gasteiger partial charge on any atom is 0.339 e. The highest BCUT2D eigenvalue weighted by molar-refractivity contribution is 7.87. The van der Waals surface area contributed by atoms with Gasteiger partial charge in [0.25, 0.3) is 0 Å². The second-order valence-electron chi connectivity index (χ2n) is 7.90. The Morgan fingerprint density at radius 3 is 2.28 bits per heavy atom. The van der Waals surface area contributed by atoms with Crippen molar-refractivity contribution in [3.05, 3.63) is 59.9 Å². The zero-order valence-electron chi connectivity index (χ0n) is 17.3. The number of carbonyl (C=O) groups excluding carboxylic acids is 1. The minimum Gasteiger partial charge on any atom is -0.379 e. The van der Waals surface area contributed by atoms with Gasteiger partial charge in [-0.25, -0.2) is 4.39 Å². The number of benzene rings is 2. The van der Waals surface area contributed by atoms with Gasteiger partial charge in [-0.2, -0.15) is 8.42 Å². The molecule has 0 bridgehead atoms. The molecular formula is C22H28FNO4S. The van der Waals surface area contributed by atoms with Crippen molar-refractivity contribution < 1.29 is 21.8 Å². The van der Waals surface area contributed by atoms with Crippen LogP contribution >= 0.6 is 0 Å². The van der Waals surface area contributed by atoms with Crippen molar-refractivity contribution in [2.45, 2.75) is 45.6 Å². The van der Waals surface area contributed by atoms with Crippen LogP contribution in [-0.4, -0.2) is 25.8 Å². The lowest BCUT2D eigenvalue weighted by molar-refractivity contribution is -0.133. The minimum atomic E-state index is -4.07. The van der Waals surface area contributed by atoms with Crippen LogP contribution in [0.1, 0.15) is 39.7 Å². The Kier molecular flexibility index (Phi) is 7.79. The topological polar surface area (TPSA) is 63.7 Å². The summed E-state index contributed by atoms with van der Waals surface area (Å²) in [4.78, 5) is 14.3. The quantitative estimate of drug-likeness (QED) is 0.554. The number of hydrogen-bond acceptors (Lipinski definition) is 4. The minimum absolute atomic E-state index is 0.0685. The van der Waals surface area contributed by atoms with Crippen LogP contribution in [0, 0.1) is 17.7 Å². The highest BCUT2D eigenvalue weighted by atomic mass is 32.2. The molecule has 2 aromatic carbocycles. The predicted octanol–water partition coefficient (Wildman–Crippen LogP) is 4.62. The molecule has 0 N–H and O–H groups in total. The molecule has 0 heterocycles. The first-order valence-corrected chi connectivity index (χ1v) is 11.0. The van der Waals surface area contributed by atoms with Crippen LogP contribution in [-0.2, 0) is 21.5 Å². The zero-order chi connectivity index (χ0) is 21.6. The number of hydrogen-bond donors (Lipinski definition) is 0. The third-order valence-corrected chi connectivity index (χ3v) is 5.36. The van der Waals surface area contributed by atoms with E-state index in [1.807, 2.05) is 33.8 Å². The molecule has 5 nitrogen and oxygen atoms in total. The summed E-state index contributed by atoms with van der Waals surface area (Å²) in [5.74, 6) is 0.255. The van der Waals surface area contributed by atoms with E-state index in [1.54, 1.807) is 17.0 Å². The smallest absolute Gasteiger partial charge is 0.339 e. The molecule has 2 rings (SSSR count). The molecule has 29 heavy (non-hydrogen) atoms. The molecule has 0 aliphatic carbocycles. The summed E-state index contributed by atoms with van der Waals surface area (Å²) in [7, 11) is -4.07. The fraction of sp³-hybridized carbons (Fsp3) is 0.409. The van der Waals surface area contributed by atoms with Crippen LogP contribution < -0.4 is 4.18 Å². The van der Waals surface area contributed by atoms with Gasteiger partial charge in [0.15, 0.2) is 0 Å². The van der Waals surface area contributed by atoms with Gasteiger partial charge in [0.2, 0.25) is 5.91 Å². The Labute approximate surface area is 172 Å². The molecule has 0 atom stereocenters. The molecule has 0 aliphatic heterocycles. The number of halogens is 1. The molecule has 0 unspecified atom stereocenters. The van der Waals surface area contributed by atoms with Crippen LogP contribution in [0.15, 0.2) is 53.4 Å². The molecule has 1 amide bonds. The first-order valence-electron chi connectivity index (χ1n) is 9.63. The maximum atomic E-state index is 13.0. The van der Waals surface area contributed by atoms with E-state index in [-0.39, 0.29) is 22.5 Å². The molecule has 158 valence electrons. The Balaban J connectivity index is 2.18. The van der Waals surface area contributed by atoms with Gasteiger partial charge < -0.3 is 9.08 Å². The van der Waals surface area contributed by atoms with E-state index < -0.39 is 15.9 Å². The molecule has 7 heteroatoms. The summed E-state index contributed by atoms with van der Waals surface area (Å²) in [6, 6.07) is 11.1. The Hall–Kier alpha value is -2.41. The average molecular weight is 422 g/mol. The lowest BCUT2D eigenvalue weighted by Gasteiger charge is -2.26. The second-order valence-corrected chi connectivity index (χ2v) is 9.45. The zero-order valence-corrected chi connectivity index (χ0v) is 18.1. The standard InChI is InChI=1S/C22H28FNO4S/c1-16(2)12-22(25)24(14-17(3)4)15-18-6-5-7-20(13-18)28-29(26,27)21-10-8-19(23)9-11-21/h5-11,13,16-17H,12,14-15H2,1-4H3. The van der Waals surface area contributed by atoms with Gasteiger partial charge in [-0.3, -0.25) is 4.79 Å². The predicted molar refractivity (Wildman–Crippen MR) is 110 cm³/mol. The third kappa shape index (κ3) is 7.16. The van der Waals surface area contributed by atoms with E-state index >= 15 is 0 Å². The fourth-order valence-corrected chi connectivity index (χ4v) is 3.79. The van der Waals surface area contributed by atoms with Crippen molar-refractivity contribution in [2.24, 2.45) is 11.8 Å². The van der Waals surface area contributed by atoms with Gasteiger partial charge in [-0.05, 0) is 53.8 Å². The summed E-state index contributed by atoms with van der Waals surface area (Å²) in [6.45, 7) is 9.08. The molecule has 0 saturated heterocycles. The molecule has 0 aliphatic rings. The average Bonchev–Trinajstić information content (AvgIpc) is 2.60. The monoisotopic (exact) mass is 421 g/mol. The van der Waals surface area contributed by atoms with E-state index in [0.29, 0.717) is 25.4 Å². The SMILES string of the molecule is CC(C)CC(=O)N(Cc1cccc(OS(=O)(=O)c2ccc(F)cc2)c1)CC(C)C. The fourth-order valence-electron chi connectivity index (χ4n) is 2.87. The summed E-state index contributed by atoms with van der Waals surface area (Å²) < 4.78 is 43.1. The molecule has 0 saturated carbocycles. The number of amides is 1. The number of carbonyl (C=O) groups is 1. The van der Waals surface area contributed by atoms with Gasteiger partial charge >= 0.3 is 10.1 Å². The first-order chi connectivity index (χ1) is 13.6. The Morgan fingerprint density at radius 2 is 1.69 bits per heavy atom. The van der Waals surface area contributed by atoms with Gasteiger partial charge in [0.1, 0.15) is 16.5 Å². The van der Waals surface area contributed by atoms with Crippen LogP contribution in [0.3, 0.4) is 0 Å². The largest absolute Gasteiger partial charge is 0.379 e. The Bertz CT molecular complexity index is 924. The highest BCUT2D eigenvalue weighted by Gasteiger charge is 2.19. The van der Waals surface area contributed by atoms with Gasteiger partial charge in [-0.15, -0.1) is 0 Å². The van der Waals surface area contributed by atoms with Crippen LogP contribution in [0.25, 0.3) is 0 Å². The Morgan fingerprint density at radius 1 is 1.03 bits per heavy atom. The van der Waals surface area contributed by atoms with E-state index in [9.17, 15) is 17.6 Å². The highest BCUT2D eigenvalue weighted by Crippen LogP contribution is 2.21. The van der Waals surface area contributed by atoms with E-state index in [0.717, 1.165) is 29.8 Å². The van der Waals surface area contributed by atoms with Crippen molar-refractivity contribution in [1.82, 2.24) is 4.90 Å². The van der Waals surface area contributed by atoms with Crippen molar-refractivity contribution in [3.63, 3.8) is 0 Å². The molecule has 0 spiro atoms. The number of rotatable bonds is 9.